The number of rotatable bonds is 6. The predicted octanol–water partition coefficient (Wildman–Crippen LogP) is 4.86. The number of hydrogen-bond donors (Lipinski definition) is 1. The molecule has 1 aliphatic heterocycles. The van der Waals surface area contributed by atoms with Gasteiger partial charge >= 0.3 is 0 Å². The summed E-state index contributed by atoms with van der Waals surface area (Å²) in [6, 6.07) is 16.3. The van der Waals surface area contributed by atoms with Crippen molar-refractivity contribution in [2.45, 2.75) is 26.3 Å². The quantitative estimate of drug-likeness (QED) is 0.444. The van der Waals surface area contributed by atoms with Crippen LogP contribution in [-0.2, 0) is 5.54 Å². The van der Waals surface area contributed by atoms with Gasteiger partial charge in [-0.3, -0.25) is 0 Å². The average molecular weight is 457 g/mol. The minimum absolute atomic E-state index is 0.265. The molecule has 0 saturated carbocycles. The maximum Gasteiger partial charge on any atom is 0.229 e. The second kappa shape index (κ2) is 8.70. The highest BCUT2D eigenvalue weighted by Crippen LogP contribution is 2.39. The molecule has 0 bridgehead atoms. The number of nitrogens with zero attached hydrogens (tertiary/aromatic N) is 5. The van der Waals surface area contributed by atoms with Crippen molar-refractivity contribution in [1.82, 2.24) is 19.5 Å². The van der Waals surface area contributed by atoms with Crippen LogP contribution < -0.4 is 19.7 Å². The van der Waals surface area contributed by atoms with E-state index in [1.807, 2.05) is 42.0 Å². The minimum atomic E-state index is -0.265. The zero-order valence-electron chi connectivity index (χ0n) is 19.8. The molecule has 0 aliphatic carbocycles. The molecule has 5 rings (SSSR count). The highest BCUT2D eigenvalue weighted by Gasteiger charge is 2.34. The van der Waals surface area contributed by atoms with Crippen LogP contribution in [0.1, 0.15) is 25.1 Å². The summed E-state index contributed by atoms with van der Waals surface area (Å²) in [7, 11) is 1.66. The van der Waals surface area contributed by atoms with Gasteiger partial charge in [0.15, 0.2) is 11.6 Å². The molecule has 1 aliphatic rings. The van der Waals surface area contributed by atoms with Crippen molar-refractivity contribution in [3.63, 3.8) is 0 Å². The number of benzene rings is 2. The van der Waals surface area contributed by atoms with Crippen LogP contribution >= 0.6 is 0 Å². The van der Waals surface area contributed by atoms with E-state index in [4.69, 9.17) is 14.5 Å². The van der Waals surface area contributed by atoms with Crippen LogP contribution in [0.5, 0.6) is 11.5 Å². The van der Waals surface area contributed by atoms with Gasteiger partial charge in [0, 0.05) is 18.0 Å². The summed E-state index contributed by atoms with van der Waals surface area (Å²) >= 11 is 0. The Hall–Kier alpha value is -4.07. The molecule has 2 aromatic carbocycles. The number of aryl methyl sites for hydroxylation is 1. The maximum absolute atomic E-state index is 5.87. The van der Waals surface area contributed by atoms with Crippen molar-refractivity contribution in [1.29, 1.82) is 0 Å². The first-order chi connectivity index (χ1) is 16.5. The molecule has 0 unspecified atom stereocenters. The van der Waals surface area contributed by atoms with Crippen LogP contribution in [0.25, 0.3) is 5.69 Å². The van der Waals surface area contributed by atoms with Gasteiger partial charge in [-0.1, -0.05) is 30.3 Å². The molecule has 0 saturated heterocycles. The minimum Gasteiger partial charge on any atom is -0.494 e. The normalized spacial score (nSPS) is 13.2. The lowest BCUT2D eigenvalue weighted by atomic mass is 9.92. The fourth-order valence-corrected chi connectivity index (χ4v) is 4.27. The van der Waals surface area contributed by atoms with Crippen molar-refractivity contribution in [3.05, 3.63) is 78.5 Å². The number of hydrogen-bond acceptors (Lipinski definition) is 7. The third-order valence-electron chi connectivity index (χ3n) is 6.15. The SMILES string of the molecule is COc1cc(Nc2ncc3c(n2)N(C(C)(C)c2ccccc2)CCO3)ccc1-n1cnc(C)c1. The van der Waals surface area contributed by atoms with Crippen LogP contribution in [0.2, 0.25) is 0 Å². The number of nitrogens with one attached hydrogen (secondary N) is 1. The first-order valence-electron chi connectivity index (χ1n) is 11.2. The maximum atomic E-state index is 5.87. The molecule has 174 valence electrons. The summed E-state index contributed by atoms with van der Waals surface area (Å²) in [5.41, 5.74) is 3.62. The fraction of sp³-hybridized carbons (Fsp3) is 0.269. The van der Waals surface area contributed by atoms with Gasteiger partial charge in [0.25, 0.3) is 0 Å². The summed E-state index contributed by atoms with van der Waals surface area (Å²) in [4.78, 5) is 15.9. The Morgan fingerprint density at radius 3 is 2.65 bits per heavy atom. The lowest BCUT2D eigenvalue weighted by Crippen LogP contribution is -2.46. The Balaban J connectivity index is 1.45. The fourth-order valence-electron chi connectivity index (χ4n) is 4.27. The van der Waals surface area contributed by atoms with Crippen molar-refractivity contribution in [2.75, 3.05) is 30.5 Å². The first kappa shape index (κ1) is 21.8. The summed E-state index contributed by atoms with van der Waals surface area (Å²) in [6.45, 7) is 7.69. The Kier molecular flexibility index (Phi) is 5.57. The number of methoxy groups -OCH3 is 1. The highest BCUT2D eigenvalue weighted by molar-refractivity contribution is 5.64. The Morgan fingerprint density at radius 1 is 1.09 bits per heavy atom. The van der Waals surface area contributed by atoms with Crippen LogP contribution in [0.3, 0.4) is 0 Å². The van der Waals surface area contributed by atoms with Crippen molar-refractivity contribution in [2.24, 2.45) is 0 Å². The molecule has 34 heavy (non-hydrogen) atoms. The van der Waals surface area contributed by atoms with Gasteiger partial charge in [0.1, 0.15) is 12.4 Å². The number of anilines is 3. The topological polar surface area (TPSA) is 77.3 Å². The Labute approximate surface area is 199 Å². The molecule has 0 fully saturated rings. The molecular weight excluding hydrogens is 428 g/mol. The highest BCUT2D eigenvalue weighted by atomic mass is 16.5. The first-order valence-corrected chi connectivity index (χ1v) is 11.2. The van der Waals surface area contributed by atoms with E-state index in [9.17, 15) is 0 Å². The molecule has 1 N–H and O–H groups in total. The summed E-state index contributed by atoms with van der Waals surface area (Å²) < 4.78 is 13.4. The summed E-state index contributed by atoms with van der Waals surface area (Å²) in [5, 5.41) is 3.32. The molecule has 0 radical (unpaired) electrons. The lowest BCUT2D eigenvalue weighted by molar-refractivity contribution is 0.281. The summed E-state index contributed by atoms with van der Waals surface area (Å²) in [5.74, 6) is 2.67. The number of aromatic nitrogens is 4. The molecule has 8 nitrogen and oxygen atoms in total. The second-order valence-corrected chi connectivity index (χ2v) is 8.74. The van der Waals surface area contributed by atoms with E-state index >= 15 is 0 Å². The second-order valence-electron chi connectivity index (χ2n) is 8.74. The van der Waals surface area contributed by atoms with Gasteiger partial charge in [-0.15, -0.1) is 0 Å². The zero-order chi connectivity index (χ0) is 23.7. The Bertz CT molecular complexity index is 1300. The third kappa shape index (κ3) is 4.03. The van der Waals surface area contributed by atoms with Gasteiger partial charge in [-0.25, -0.2) is 9.97 Å². The lowest BCUT2D eigenvalue weighted by Gasteiger charge is -2.42. The number of fused-ring (bicyclic) bond motifs is 1. The van der Waals surface area contributed by atoms with E-state index in [2.05, 4.69) is 58.3 Å². The molecule has 0 amide bonds. The van der Waals surface area contributed by atoms with Crippen LogP contribution in [0.4, 0.5) is 17.5 Å². The van der Waals surface area contributed by atoms with E-state index in [0.29, 0.717) is 18.3 Å². The van der Waals surface area contributed by atoms with Gasteiger partial charge in [0.2, 0.25) is 5.95 Å². The molecular formula is C26H28N6O2. The van der Waals surface area contributed by atoms with Crippen molar-refractivity contribution < 1.29 is 9.47 Å². The molecule has 2 aromatic heterocycles. The number of ether oxygens (including phenoxy) is 2. The molecule has 8 heteroatoms. The van der Waals surface area contributed by atoms with E-state index < -0.39 is 0 Å². The van der Waals surface area contributed by atoms with Gasteiger partial charge in [-0.2, -0.15) is 4.98 Å². The Morgan fingerprint density at radius 2 is 1.91 bits per heavy atom. The van der Waals surface area contributed by atoms with Crippen LogP contribution in [0, 0.1) is 6.92 Å². The van der Waals surface area contributed by atoms with Crippen molar-refractivity contribution >= 4 is 17.5 Å². The molecule has 0 spiro atoms. The zero-order valence-corrected chi connectivity index (χ0v) is 19.8. The van der Waals surface area contributed by atoms with Crippen LogP contribution in [0.15, 0.2) is 67.3 Å². The largest absolute Gasteiger partial charge is 0.494 e. The number of imidazole rings is 1. The van der Waals surface area contributed by atoms with Gasteiger partial charge < -0.3 is 24.3 Å². The predicted molar refractivity (Wildman–Crippen MR) is 132 cm³/mol. The monoisotopic (exact) mass is 456 g/mol. The van der Waals surface area contributed by atoms with Gasteiger partial charge in [-0.05, 0) is 38.5 Å². The summed E-state index contributed by atoms with van der Waals surface area (Å²) in [6.07, 6.45) is 5.47. The van der Waals surface area contributed by atoms with E-state index in [-0.39, 0.29) is 5.54 Å². The van der Waals surface area contributed by atoms with Crippen molar-refractivity contribution in [3.8, 4) is 17.2 Å². The molecule has 4 aromatic rings. The molecule has 0 atom stereocenters. The van der Waals surface area contributed by atoms with E-state index in [0.717, 1.165) is 35.2 Å². The third-order valence-corrected chi connectivity index (χ3v) is 6.15. The average Bonchev–Trinajstić information content (AvgIpc) is 3.30. The van der Waals surface area contributed by atoms with Gasteiger partial charge in [0.05, 0.1) is 43.1 Å². The van der Waals surface area contributed by atoms with Crippen LogP contribution in [-0.4, -0.2) is 39.8 Å². The molecule has 3 heterocycles. The van der Waals surface area contributed by atoms with E-state index in [1.54, 1.807) is 19.6 Å². The smallest absolute Gasteiger partial charge is 0.229 e. The van der Waals surface area contributed by atoms with E-state index in [1.165, 1.54) is 5.56 Å². The standard InChI is InChI=1S/C26H28N6O2/c1-18-16-31(17-28-18)21-11-10-20(14-22(21)33-4)29-25-27-15-23-24(30-25)32(12-13-34-23)26(2,3)19-8-6-5-7-9-19/h5-11,14-17H,12-13H2,1-4H3,(H,27,29,30).